The molecule has 1 aliphatic heterocycles. The lowest BCUT2D eigenvalue weighted by Crippen LogP contribution is -2.31. The molecular formula is C21H21NO7S. The molecule has 0 saturated heterocycles. The number of hydrogen-bond donors (Lipinski definition) is 1. The molecule has 2 aromatic rings. The predicted octanol–water partition coefficient (Wildman–Crippen LogP) is 3.35. The third-order valence-corrected chi connectivity index (χ3v) is 5.13. The van der Waals surface area contributed by atoms with E-state index in [0.717, 1.165) is 16.7 Å². The van der Waals surface area contributed by atoms with E-state index in [1.54, 1.807) is 13.0 Å². The van der Waals surface area contributed by atoms with E-state index < -0.39 is 23.9 Å². The summed E-state index contributed by atoms with van der Waals surface area (Å²) in [5, 5.41) is 2.97. The number of carbonyl (C=O) groups is 3. The first-order chi connectivity index (χ1) is 14.5. The first-order valence-corrected chi connectivity index (χ1v) is 10.1. The van der Waals surface area contributed by atoms with Crippen molar-refractivity contribution in [2.75, 3.05) is 25.1 Å². The normalized spacial score (nSPS) is 13.9. The molecule has 0 aliphatic carbocycles. The molecule has 1 atom stereocenters. The molecule has 1 aliphatic rings. The number of thiophene rings is 1. The van der Waals surface area contributed by atoms with Gasteiger partial charge in [0.1, 0.15) is 24.5 Å². The van der Waals surface area contributed by atoms with Crippen LogP contribution >= 0.6 is 11.3 Å². The van der Waals surface area contributed by atoms with Gasteiger partial charge in [-0.15, -0.1) is 11.3 Å². The van der Waals surface area contributed by atoms with Crippen molar-refractivity contribution in [1.82, 2.24) is 0 Å². The van der Waals surface area contributed by atoms with Crippen molar-refractivity contribution in [2.24, 2.45) is 0 Å². The number of benzene rings is 1. The van der Waals surface area contributed by atoms with Crippen molar-refractivity contribution in [1.29, 1.82) is 0 Å². The minimum Gasteiger partial charge on any atom is -0.493 e. The Hall–Kier alpha value is -3.33. The average molecular weight is 431 g/mol. The number of rotatable bonds is 7. The quantitative estimate of drug-likeness (QED) is 0.671. The van der Waals surface area contributed by atoms with E-state index in [1.165, 1.54) is 18.3 Å². The molecule has 1 N–H and O–H groups in total. The first kappa shape index (κ1) is 21.4. The Morgan fingerprint density at radius 3 is 2.60 bits per heavy atom. The van der Waals surface area contributed by atoms with Gasteiger partial charge in [0.2, 0.25) is 5.76 Å². The monoisotopic (exact) mass is 431 g/mol. The van der Waals surface area contributed by atoms with Crippen LogP contribution in [0.1, 0.15) is 24.2 Å². The zero-order valence-corrected chi connectivity index (χ0v) is 17.3. The maximum Gasteiger partial charge on any atom is 0.377 e. The smallest absolute Gasteiger partial charge is 0.377 e. The van der Waals surface area contributed by atoms with Crippen molar-refractivity contribution in [3.05, 3.63) is 54.0 Å². The van der Waals surface area contributed by atoms with Crippen LogP contribution in [0.15, 0.2) is 48.4 Å². The second-order valence-electron chi connectivity index (χ2n) is 6.18. The van der Waals surface area contributed by atoms with Gasteiger partial charge in [-0.05, 0) is 25.5 Å². The largest absolute Gasteiger partial charge is 0.493 e. The van der Waals surface area contributed by atoms with E-state index in [2.05, 4.69) is 5.32 Å². The van der Waals surface area contributed by atoms with Crippen molar-refractivity contribution in [3.8, 4) is 10.4 Å². The van der Waals surface area contributed by atoms with Crippen molar-refractivity contribution >= 4 is 34.2 Å². The summed E-state index contributed by atoms with van der Waals surface area (Å²) < 4.78 is 20.4. The molecule has 0 radical (unpaired) electrons. The van der Waals surface area contributed by atoms with Crippen molar-refractivity contribution in [3.63, 3.8) is 0 Å². The van der Waals surface area contributed by atoms with Gasteiger partial charge in [0, 0.05) is 4.88 Å². The van der Waals surface area contributed by atoms with Gasteiger partial charge < -0.3 is 24.3 Å². The molecule has 0 unspecified atom stereocenters. The number of esters is 2. The highest BCUT2D eigenvalue weighted by molar-refractivity contribution is 7.20. The van der Waals surface area contributed by atoms with E-state index in [-0.39, 0.29) is 24.5 Å². The number of nitrogens with one attached hydrogen (secondary N) is 1. The molecule has 8 nitrogen and oxygen atoms in total. The summed E-state index contributed by atoms with van der Waals surface area (Å²) in [5.41, 5.74) is 1.13. The Morgan fingerprint density at radius 1 is 1.17 bits per heavy atom. The zero-order valence-electron chi connectivity index (χ0n) is 16.5. The second-order valence-corrected chi connectivity index (χ2v) is 7.23. The number of anilines is 1. The summed E-state index contributed by atoms with van der Waals surface area (Å²) in [6.45, 7) is 3.89. The van der Waals surface area contributed by atoms with Crippen LogP contribution < -0.4 is 5.32 Å². The maximum atomic E-state index is 12.6. The van der Waals surface area contributed by atoms with E-state index in [4.69, 9.17) is 18.9 Å². The summed E-state index contributed by atoms with van der Waals surface area (Å²) in [6.07, 6.45) is 0.0297. The van der Waals surface area contributed by atoms with Crippen molar-refractivity contribution in [2.45, 2.75) is 20.0 Å². The minimum atomic E-state index is -1.12. The van der Waals surface area contributed by atoms with Crippen LogP contribution in [0.25, 0.3) is 10.4 Å². The lowest BCUT2D eigenvalue weighted by molar-refractivity contribution is -0.153. The van der Waals surface area contributed by atoms with Crippen LogP contribution in [0, 0.1) is 0 Å². The fourth-order valence-corrected chi connectivity index (χ4v) is 3.60. The molecule has 0 fully saturated rings. The standard InChI is InChI=1S/C21H21NO7S/c1-3-27-20(24)15-11-17(14-7-5-4-6-8-14)30-19(15)22-18(23)13(2)29-21(25)16-12-26-9-10-28-16/h4-8,11-13H,3,9-10H2,1-2H3,(H,22,23)/t13-/m0/s1. The topological polar surface area (TPSA) is 100 Å². The number of carbonyl (C=O) groups excluding carboxylic acids is 3. The predicted molar refractivity (Wildman–Crippen MR) is 110 cm³/mol. The van der Waals surface area contributed by atoms with Gasteiger partial charge in [-0.25, -0.2) is 9.59 Å². The Bertz CT molecular complexity index is 952. The third kappa shape index (κ3) is 5.18. The van der Waals surface area contributed by atoms with E-state index in [9.17, 15) is 14.4 Å². The first-order valence-electron chi connectivity index (χ1n) is 9.32. The summed E-state index contributed by atoms with van der Waals surface area (Å²) in [5.74, 6) is -2.05. The molecule has 1 amide bonds. The van der Waals surface area contributed by atoms with Crippen LogP contribution in [0.2, 0.25) is 0 Å². The number of amides is 1. The summed E-state index contributed by atoms with van der Waals surface area (Å²) in [7, 11) is 0. The highest BCUT2D eigenvalue weighted by atomic mass is 32.1. The van der Waals surface area contributed by atoms with Gasteiger partial charge in [-0.1, -0.05) is 30.3 Å². The van der Waals surface area contributed by atoms with Gasteiger partial charge in [-0.3, -0.25) is 4.79 Å². The van der Waals surface area contributed by atoms with Crippen LogP contribution in [0.4, 0.5) is 5.00 Å². The second kappa shape index (κ2) is 9.93. The zero-order chi connectivity index (χ0) is 21.5. The van der Waals surface area contributed by atoms with Crippen molar-refractivity contribution < 1.29 is 33.3 Å². The van der Waals surface area contributed by atoms with Crippen LogP contribution in [-0.4, -0.2) is 43.8 Å². The Kier molecular flexibility index (Phi) is 7.08. The van der Waals surface area contributed by atoms with Gasteiger partial charge in [0.15, 0.2) is 6.10 Å². The van der Waals surface area contributed by atoms with Gasteiger partial charge in [0.05, 0.1) is 12.2 Å². The van der Waals surface area contributed by atoms with Gasteiger partial charge in [-0.2, -0.15) is 0 Å². The lowest BCUT2D eigenvalue weighted by atomic mass is 10.1. The van der Waals surface area contributed by atoms with Gasteiger partial charge >= 0.3 is 11.9 Å². The van der Waals surface area contributed by atoms with Crippen LogP contribution in [-0.2, 0) is 28.5 Å². The molecule has 1 aromatic heterocycles. The molecule has 0 saturated carbocycles. The number of ether oxygens (including phenoxy) is 4. The lowest BCUT2D eigenvalue weighted by Gasteiger charge is -2.17. The van der Waals surface area contributed by atoms with Crippen LogP contribution in [0.3, 0.4) is 0 Å². The molecule has 1 aromatic carbocycles. The number of hydrogen-bond acceptors (Lipinski definition) is 8. The molecular weight excluding hydrogens is 410 g/mol. The molecule has 2 heterocycles. The third-order valence-electron chi connectivity index (χ3n) is 4.03. The SMILES string of the molecule is CCOC(=O)c1cc(-c2ccccc2)sc1NC(=O)[C@H](C)OC(=O)C1=COCCO1. The Balaban J connectivity index is 1.75. The van der Waals surface area contributed by atoms with E-state index in [0.29, 0.717) is 11.6 Å². The summed E-state index contributed by atoms with van der Waals surface area (Å²) >= 11 is 1.23. The maximum absolute atomic E-state index is 12.6. The Labute approximate surface area is 177 Å². The fourth-order valence-electron chi connectivity index (χ4n) is 2.55. The molecule has 0 spiro atoms. The average Bonchev–Trinajstić information content (AvgIpc) is 3.19. The molecule has 0 bridgehead atoms. The summed E-state index contributed by atoms with van der Waals surface area (Å²) in [6, 6.07) is 11.1. The highest BCUT2D eigenvalue weighted by Gasteiger charge is 2.26. The molecule has 9 heteroatoms. The molecule has 3 rings (SSSR count). The fraction of sp³-hybridized carbons (Fsp3) is 0.286. The minimum absolute atomic E-state index is 0.101. The Morgan fingerprint density at radius 2 is 1.93 bits per heavy atom. The molecule has 30 heavy (non-hydrogen) atoms. The van der Waals surface area contributed by atoms with Crippen LogP contribution in [0.5, 0.6) is 0 Å². The van der Waals surface area contributed by atoms with E-state index in [1.807, 2.05) is 30.3 Å². The van der Waals surface area contributed by atoms with Gasteiger partial charge in [0.25, 0.3) is 5.91 Å². The highest BCUT2D eigenvalue weighted by Crippen LogP contribution is 2.36. The summed E-state index contributed by atoms with van der Waals surface area (Å²) in [4.78, 5) is 37.8. The van der Waals surface area contributed by atoms with E-state index >= 15 is 0 Å². The molecule has 158 valence electrons.